The number of amides is 1. The van der Waals surface area contributed by atoms with E-state index in [1.54, 1.807) is 25.3 Å². The Morgan fingerprint density at radius 3 is 2.86 bits per heavy atom. The third-order valence-electron chi connectivity index (χ3n) is 3.73. The van der Waals surface area contributed by atoms with Crippen LogP contribution in [0, 0.1) is 15.9 Å². The Kier molecular flexibility index (Phi) is 7.09. The molecular weight excluding hydrogens is 421 g/mol. The highest BCUT2D eigenvalue weighted by Gasteiger charge is 2.16. The van der Waals surface area contributed by atoms with Crippen LogP contribution in [0.25, 0.3) is 10.2 Å². The van der Waals surface area contributed by atoms with Gasteiger partial charge in [0.2, 0.25) is 0 Å². The molecule has 3 aromatic rings. The van der Waals surface area contributed by atoms with E-state index in [0.717, 1.165) is 32.8 Å². The number of hydrogen-bond donors (Lipinski definition) is 1. The summed E-state index contributed by atoms with van der Waals surface area (Å²) in [6.45, 7) is 1.03. The van der Waals surface area contributed by atoms with Crippen LogP contribution >= 0.6 is 23.1 Å². The molecule has 152 valence electrons. The van der Waals surface area contributed by atoms with Crippen molar-refractivity contribution in [3.8, 4) is 0 Å². The molecule has 0 radical (unpaired) electrons. The number of nitro groups is 1. The summed E-state index contributed by atoms with van der Waals surface area (Å²) in [5, 5.41) is 13.3. The second kappa shape index (κ2) is 9.74. The topological polar surface area (TPSA) is 104 Å². The Hall–Kier alpha value is -2.60. The van der Waals surface area contributed by atoms with Crippen molar-refractivity contribution < 1.29 is 23.6 Å². The average molecular weight is 437 g/mol. The van der Waals surface area contributed by atoms with Crippen molar-refractivity contribution in [3.05, 3.63) is 57.9 Å². The standard InChI is InChI=1S/C18H16FN3O5S2/c1-26-6-7-27-10-28-18-21-15-5-2-11(8-16(15)29-18)20-17(23)13-4-3-12(22(24)25)9-14(13)19/h2-5,8-9H,6-7,10H2,1H3,(H,20,23). The number of thioether (sulfide) groups is 1. The first kappa shape index (κ1) is 21.1. The number of carbonyl (C=O) groups excluding carboxylic acids is 1. The Labute approximate surface area is 173 Å². The third-order valence-corrected chi connectivity index (χ3v) is 5.77. The van der Waals surface area contributed by atoms with Crippen molar-refractivity contribution in [1.82, 2.24) is 4.98 Å². The number of ether oxygens (including phenoxy) is 2. The Bertz CT molecular complexity index is 1040. The maximum absolute atomic E-state index is 14.0. The summed E-state index contributed by atoms with van der Waals surface area (Å²) in [4.78, 5) is 26.8. The molecule has 1 heterocycles. The van der Waals surface area contributed by atoms with Crippen LogP contribution in [0.4, 0.5) is 15.8 Å². The van der Waals surface area contributed by atoms with E-state index < -0.39 is 22.3 Å². The molecule has 0 fully saturated rings. The Morgan fingerprint density at radius 2 is 2.14 bits per heavy atom. The monoisotopic (exact) mass is 437 g/mol. The normalized spacial score (nSPS) is 11.0. The molecule has 0 saturated carbocycles. The van der Waals surface area contributed by atoms with Gasteiger partial charge in [0, 0.05) is 18.9 Å². The van der Waals surface area contributed by atoms with Gasteiger partial charge in [-0.05, 0) is 24.3 Å². The Morgan fingerprint density at radius 1 is 1.31 bits per heavy atom. The number of aromatic nitrogens is 1. The SMILES string of the molecule is COCCOCSc1nc2ccc(NC(=O)c3ccc([N+](=O)[O-])cc3F)cc2s1. The fourth-order valence-corrected chi connectivity index (χ4v) is 4.19. The van der Waals surface area contributed by atoms with E-state index in [1.807, 2.05) is 0 Å². The van der Waals surface area contributed by atoms with Gasteiger partial charge in [-0.2, -0.15) is 0 Å². The van der Waals surface area contributed by atoms with Gasteiger partial charge in [0.15, 0.2) is 4.34 Å². The van der Waals surface area contributed by atoms with Crippen molar-refractivity contribution in [3.63, 3.8) is 0 Å². The van der Waals surface area contributed by atoms with E-state index >= 15 is 0 Å². The molecule has 3 rings (SSSR count). The van der Waals surface area contributed by atoms with Crippen LogP contribution in [0.3, 0.4) is 0 Å². The molecule has 0 aliphatic carbocycles. The van der Waals surface area contributed by atoms with Gasteiger partial charge in [-0.25, -0.2) is 9.37 Å². The van der Waals surface area contributed by atoms with Gasteiger partial charge in [-0.1, -0.05) is 11.8 Å². The van der Waals surface area contributed by atoms with Crippen molar-refractivity contribution in [1.29, 1.82) is 0 Å². The summed E-state index contributed by atoms with van der Waals surface area (Å²) >= 11 is 2.90. The smallest absolute Gasteiger partial charge is 0.272 e. The van der Waals surface area contributed by atoms with Crippen molar-refractivity contribution in [2.24, 2.45) is 0 Å². The highest BCUT2D eigenvalue weighted by molar-refractivity contribution is 8.01. The van der Waals surface area contributed by atoms with Crippen LogP contribution in [-0.2, 0) is 9.47 Å². The zero-order valence-corrected chi connectivity index (χ0v) is 16.8. The van der Waals surface area contributed by atoms with E-state index in [9.17, 15) is 19.3 Å². The van der Waals surface area contributed by atoms with Gasteiger partial charge >= 0.3 is 0 Å². The molecule has 0 saturated heterocycles. The second-order valence-electron chi connectivity index (χ2n) is 5.70. The van der Waals surface area contributed by atoms with E-state index in [-0.39, 0.29) is 5.56 Å². The number of rotatable bonds is 9. The molecule has 2 aromatic carbocycles. The van der Waals surface area contributed by atoms with Gasteiger partial charge in [-0.3, -0.25) is 14.9 Å². The first-order chi connectivity index (χ1) is 14.0. The maximum atomic E-state index is 14.0. The number of nitrogens with one attached hydrogen (secondary N) is 1. The molecule has 0 aliphatic heterocycles. The lowest BCUT2D eigenvalue weighted by atomic mass is 10.1. The fraction of sp³-hybridized carbons (Fsp3) is 0.222. The number of thiazole rings is 1. The molecular formula is C18H16FN3O5S2. The lowest BCUT2D eigenvalue weighted by Crippen LogP contribution is -2.13. The highest BCUT2D eigenvalue weighted by Crippen LogP contribution is 2.31. The first-order valence-electron chi connectivity index (χ1n) is 8.33. The predicted octanol–water partition coefficient (Wildman–Crippen LogP) is 4.31. The largest absolute Gasteiger partial charge is 0.382 e. The van der Waals surface area contributed by atoms with Gasteiger partial charge < -0.3 is 14.8 Å². The number of benzene rings is 2. The minimum Gasteiger partial charge on any atom is -0.382 e. The number of halogens is 1. The Balaban J connectivity index is 1.67. The molecule has 1 amide bonds. The van der Waals surface area contributed by atoms with Crippen LogP contribution in [0.2, 0.25) is 0 Å². The third kappa shape index (κ3) is 5.48. The van der Waals surface area contributed by atoms with Crippen LogP contribution in [0.1, 0.15) is 10.4 Å². The van der Waals surface area contributed by atoms with Crippen LogP contribution in [-0.4, -0.2) is 42.1 Å². The maximum Gasteiger partial charge on any atom is 0.272 e. The van der Waals surface area contributed by atoms with Gasteiger partial charge in [0.1, 0.15) is 5.82 Å². The number of nitro benzene ring substituents is 1. The summed E-state index contributed by atoms with van der Waals surface area (Å²) in [7, 11) is 1.61. The summed E-state index contributed by atoms with van der Waals surface area (Å²) < 4.78 is 26.0. The lowest BCUT2D eigenvalue weighted by molar-refractivity contribution is -0.385. The zero-order chi connectivity index (χ0) is 20.8. The molecule has 1 aromatic heterocycles. The van der Waals surface area contributed by atoms with E-state index in [4.69, 9.17) is 9.47 Å². The molecule has 0 aliphatic rings. The summed E-state index contributed by atoms with van der Waals surface area (Å²) in [6, 6.07) is 8.05. The number of non-ortho nitro benzene ring substituents is 1. The van der Waals surface area contributed by atoms with Gasteiger partial charge in [0.25, 0.3) is 11.6 Å². The van der Waals surface area contributed by atoms with Crippen molar-refractivity contribution >= 4 is 50.6 Å². The second-order valence-corrected chi connectivity index (χ2v) is 7.90. The summed E-state index contributed by atoms with van der Waals surface area (Å²) in [6.07, 6.45) is 0. The van der Waals surface area contributed by atoms with Crippen LogP contribution in [0.15, 0.2) is 40.7 Å². The average Bonchev–Trinajstić information content (AvgIpc) is 3.09. The molecule has 29 heavy (non-hydrogen) atoms. The molecule has 8 nitrogen and oxygen atoms in total. The lowest BCUT2D eigenvalue weighted by Gasteiger charge is -2.06. The molecule has 1 N–H and O–H groups in total. The number of methoxy groups -OCH3 is 1. The van der Waals surface area contributed by atoms with Gasteiger partial charge in [0.05, 0.1) is 45.9 Å². The van der Waals surface area contributed by atoms with Crippen molar-refractivity contribution in [2.45, 2.75) is 4.34 Å². The molecule has 0 bridgehead atoms. The molecule has 11 heteroatoms. The van der Waals surface area contributed by atoms with Crippen molar-refractivity contribution in [2.75, 3.05) is 31.6 Å². The number of nitrogens with zero attached hydrogens (tertiary/aromatic N) is 2. The number of carbonyl (C=O) groups is 1. The summed E-state index contributed by atoms with van der Waals surface area (Å²) in [5.74, 6) is -1.20. The van der Waals surface area contributed by atoms with E-state index in [1.165, 1.54) is 23.1 Å². The first-order valence-corrected chi connectivity index (χ1v) is 10.1. The quantitative estimate of drug-likeness (QED) is 0.175. The molecule has 0 spiro atoms. The van der Waals surface area contributed by atoms with Crippen LogP contribution in [0.5, 0.6) is 0 Å². The highest BCUT2D eigenvalue weighted by atomic mass is 32.2. The number of hydrogen-bond acceptors (Lipinski definition) is 8. The predicted molar refractivity (Wildman–Crippen MR) is 109 cm³/mol. The van der Waals surface area contributed by atoms with Crippen LogP contribution < -0.4 is 5.32 Å². The van der Waals surface area contributed by atoms with E-state index in [2.05, 4.69) is 10.3 Å². The van der Waals surface area contributed by atoms with Gasteiger partial charge in [-0.15, -0.1) is 11.3 Å². The molecule has 0 unspecified atom stereocenters. The fourth-order valence-electron chi connectivity index (χ4n) is 2.34. The summed E-state index contributed by atoms with van der Waals surface area (Å²) in [5.41, 5.74) is 0.552. The minimum atomic E-state index is -0.956. The number of fused-ring (bicyclic) bond motifs is 1. The van der Waals surface area contributed by atoms with E-state index in [0.29, 0.717) is 24.8 Å². The number of anilines is 1. The molecule has 0 atom stereocenters. The zero-order valence-electron chi connectivity index (χ0n) is 15.2. The minimum absolute atomic E-state index is 0.274.